The van der Waals surface area contributed by atoms with Crippen LogP contribution < -0.4 is 21.7 Å². The van der Waals surface area contributed by atoms with Gasteiger partial charge in [0.1, 0.15) is 24.2 Å². The molecule has 5 unspecified atom stereocenters. The number of nitrogens with two attached hydrogens (primary N) is 1. The fraction of sp³-hybridized carbons (Fsp3) is 0.524. The second kappa shape index (κ2) is 12.0. The summed E-state index contributed by atoms with van der Waals surface area (Å²) in [6, 6.07) is 4.47. The number of aliphatic hydroxyl groups is 1. The summed E-state index contributed by atoms with van der Waals surface area (Å²) >= 11 is 0. The van der Waals surface area contributed by atoms with E-state index in [-0.39, 0.29) is 12.3 Å². The van der Waals surface area contributed by atoms with Crippen molar-refractivity contribution in [1.82, 2.24) is 16.0 Å². The Kier molecular flexibility index (Phi) is 10.1. The molecule has 10 heteroatoms. The van der Waals surface area contributed by atoms with Crippen LogP contribution in [0.15, 0.2) is 30.3 Å². The Morgan fingerprint density at radius 3 is 1.97 bits per heavy atom. The second-order valence-corrected chi connectivity index (χ2v) is 7.82. The van der Waals surface area contributed by atoms with E-state index in [1.165, 1.54) is 13.8 Å². The number of aliphatic hydroxyl groups excluding tert-OH is 1. The number of carboxylic acids is 1. The Balaban J connectivity index is 3.02. The van der Waals surface area contributed by atoms with Crippen LogP contribution in [0.25, 0.3) is 0 Å². The first-order valence-electron chi connectivity index (χ1n) is 10.1. The fourth-order valence-electron chi connectivity index (χ4n) is 2.70. The SMILES string of the molecule is CC(NC(=O)C(Cc1ccccc1)NC(=O)C(NC(=O)C(N)C(C)O)C(C)C)C(=O)O. The number of benzene rings is 1. The van der Waals surface area contributed by atoms with Gasteiger partial charge in [0, 0.05) is 6.42 Å². The molecule has 0 radical (unpaired) electrons. The van der Waals surface area contributed by atoms with Crippen molar-refractivity contribution in [3.05, 3.63) is 35.9 Å². The normalized spacial score (nSPS) is 15.8. The van der Waals surface area contributed by atoms with Crippen LogP contribution in [0.3, 0.4) is 0 Å². The molecular weight excluding hydrogens is 404 g/mol. The lowest BCUT2D eigenvalue weighted by molar-refractivity contribution is -0.141. The molecule has 31 heavy (non-hydrogen) atoms. The summed E-state index contributed by atoms with van der Waals surface area (Å²) in [7, 11) is 0. The van der Waals surface area contributed by atoms with Crippen LogP contribution in [0.2, 0.25) is 0 Å². The van der Waals surface area contributed by atoms with Crippen LogP contribution in [0.1, 0.15) is 33.3 Å². The largest absolute Gasteiger partial charge is 0.480 e. The van der Waals surface area contributed by atoms with Gasteiger partial charge in [-0.15, -0.1) is 0 Å². The van der Waals surface area contributed by atoms with E-state index in [9.17, 15) is 24.3 Å². The molecule has 0 fully saturated rings. The zero-order chi connectivity index (χ0) is 23.7. The number of aliphatic carboxylic acids is 1. The Bertz CT molecular complexity index is 768. The number of hydrogen-bond acceptors (Lipinski definition) is 6. The summed E-state index contributed by atoms with van der Waals surface area (Å²) in [5.74, 6) is -3.55. The molecule has 7 N–H and O–H groups in total. The summed E-state index contributed by atoms with van der Waals surface area (Å²) in [6.45, 7) is 6.09. The number of rotatable bonds is 11. The van der Waals surface area contributed by atoms with Crippen molar-refractivity contribution in [2.45, 2.75) is 64.4 Å². The van der Waals surface area contributed by atoms with E-state index in [1.807, 2.05) is 0 Å². The quantitative estimate of drug-likeness (QED) is 0.262. The molecule has 5 atom stereocenters. The molecule has 0 saturated carbocycles. The predicted octanol–water partition coefficient (Wildman–Crippen LogP) is -0.848. The van der Waals surface area contributed by atoms with E-state index in [0.717, 1.165) is 5.56 Å². The number of carbonyl (C=O) groups excluding carboxylic acids is 3. The number of amides is 3. The van der Waals surface area contributed by atoms with E-state index < -0.39 is 54.0 Å². The van der Waals surface area contributed by atoms with Crippen LogP contribution in [0, 0.1) is 5.92 Å². The number of carbonyl (C=O) groups is 4. The Labute approximate surface area is 181 Å². The van der Waals surface area contributed by atoms with Crippen LogP contribution in [0.5, 0.6) is 0 Å². The number of hydrogen-bond donors (Lipinski definition) is 6. The highest BCUT2D eigenvalue weighted by Gasteiger charge is 2.31. The molecule has 1 aromatic rings. The lowest BCUT2D eigenvalue weighted by atomic mass is 10.00. The zero-order valence-corrected chi connectivity index (χ0v) is 18.2. The number of nitrogens with one attached hydrogen (secondary N) is 3. The highest BCUT2D eigenvalue weighted by atomic mass is 16.4. The van der Waals surface area contributed by atoms with Crippen LogP contribution in [0.4, 0.5) is 0 Å². The van der Waals surface area contributed by atoms with Gasteiger partial charge in [-0.1, -0.05) is 44.2 Å². The van der Waals surface area contributed by atoms with Crippen LogP contribution in [-0.2, 0) is 25.6 Å². The highest BCUT2D eigenvalue weighted by Crippen LogP contribution is 2.08. The molecule has 0 saturated heterocycles. The van der Waals surface area contributed by atoms with Gasteiger partial charge in [0.15, 0.2) is 0 Å². The summed E-state index contributed by atoms with van der Waals surface area (Å²) in [5.41, 5.74) is 6.39. The second-order valence-electron chi connectivity index (χ2n) is 7.82. The molecular formula is C21H32N4O6. The Morgan fingerprint density at radius 2 is 1.48 bits per heavy atom. The van der Waals surface area contributed by atoms with Crippen molar-refractivity contribution in [1.29, 1.82) is 0 Å². The third-order valence-corrected chi connectivity index (χ3v) is 4.71. The van der Waals surface area contributed by atoms with E-state index in [0.29, 0.717) is 0 Å². The topological polar surface area (TPSA) is 171 Å². The van der Waals surface area contributed by atoms with Crippen LogP contribution >= 0.6 is 0 Å². The van der Waals surface area contributed by atoms with Gasteiger partial charge in [-0.2, -0.15) is 0 Å². The monoisotopic (exact) mass is 436 g/mol. The minimum Gasteiger partial charge on any atom is -0.480 e. The predicted molar refractivity (Wildman–Crippen MR) is 114 cm³/mol. The first-order valence-corrected chi connectivity index (χ1v) is 10.1. The van der Waals surface area contributed by atoms with Gasteiger partial charge in [0.05, 0.1) is 6.10 Å². The lowest BCUT2D eigenvalue weighted by Gasteiger charge is -2.27. The van der Waals surface area contributed by atoms with E-state index in [1.54, 1.807) is 44.2 Å². The summed E-state index contributed by atoms with van der Waals surface area (Å²) in [5, 5.41) is 26.0. The van der Waals surface area contributed by atoms with Crippen molar-refractivity contribution in [2.24, 2.45) is 11.7 Å². The van der Waals surface area contributed by atoms with E-state index in [4.69, 9.17) is 10.8 Å². The van der Waals surface area contributed by atoms with Crippen molar-refractivity contribution in [2.75, 3.05) is 0 Å². The van der Waals surface area contributed by atoms with E-state index in [2.05, 4.69) is 16.0 Å². The molecule has 172 valence electrons. The molecule has 3 amide bonds. The van der Waals surface area contributed by atoms with Crippen molar-refractivity contribution in [3.63, 3.8) is 0 Å². The molecule has 0 aliphatic rings. The Morgan fingerprint density at radius 1 is 0.903 bits per heavy atom. The maximum absolute atomic E-state index is 12.9. The molecule has 0 spiro atoms. The number of carboxylic acid groups (broad SMARTS) is 1. The standard InChI is InChI=1S/C21H32N4O6/c1-11(2)17(25-19(28)16(22)13(4)26)20(29)24-15(10-14-8-6-5-7-9-14)18(27)23-12(3)21(30)31/h5-9,11-13,15-17,26H,10,22H2,1-4H3,(H,23,27)(H,24,29)(H,25,28)(H,30,31). The average Bonchev–Trinajstić information content (AvgIpc) is 2.70. The van der Waals surface area contributed by atoms with Gasteiger partial charge >= 0.3 is 5.97 Å². The fourth-order valence-corrected chi connectivity index (χ4v) is 2.70. The highest BCUT2D eigenvalue weighted by molar-refractivity contribution is 5.94. The third kappa shape index (κ3) is 8.35. The molecule has 0 aliphatic heterocycles. The molecule has 1 rings (SSSR count). The summed E-state index contributed by atoms with van der Waals surface area (Å²) in [6.07, 6.45) is -0.985. The van der Waals surface area contributed by atoms with Gasteiger partial charge in [-0.05, 0) is 25.3 Å². The maximum Gasteiger partial charge on any atom is 0.325 e. The zero-order valence-electron chi connectivity index (χ0n) is 18.2. The average molecular weight is 437 g/mol. The summed E-state index contributed by atoms with van der Waals surface area (Å²) < 4.78 is 0. The molecule has 0 heterocycles. The molecule has 1 aromatic carbocycles. The van der Waals surface area contributed by atoms with Gasteiger partial charge < -0.3 is 31.9 Å². The molecule has 10 nitrogen and oxygen atoms in total. The minimum atomic E-state index is -1.21. The van der Waals surface area contributed by atoms with Gasteiger partial charge in [0.25, 0.3) is 0 Å². The molecule has 0 bridgehead atoms. The van der Waals surface area contributed by atoms with Crippen molar-refractivity contribution >= 4 is 23.7 Å². The van der Waals surface area contributed by atoms with Gasteiger partial charge in [-0.3, -0.25) is 19.2 Å². The van der Waals surface area contributed by atoms with Crippen LogP contribution in [-0.4, -0.2) is 64.2 Å². The van der Waals surface area contributed by atoms with E-state index >= 15 is 0 Å². The Hall–Kier alpha value is -2.98. The first-order chi connectivity index (χ1) is 14.4. The smallest absolute Gasteiger partial charge is 0.325 e. The molecule has 0 aromatic heterocycles. The minimum absolute atomic E-state index is 0.122. The van der Waals surface area contributed by atoms with Crippen molar-refractivity contribution < 1.29 is 29.4 Å². The molecule has 0 aliphatic carbocycles. The van der Waals surface area contributed by atoms with Gasteiger partial charge in [-0.25, -0.2) is 0 Å². The maximum atomic E-state index is 12.9. The third-order valence-electron chi connectivity index (χ3n) is 4.71. The first kappa shape index (κ1) is 26.1. The summed E-state index contributed by atoms with van der Waals surface area (Å²) in [4.78, 5) is 48.9. The van der Waals surface area contributed by atoms with Gasteiger partial charge in [0.2, 0.25) is 17.7 Å². The lowest BCUT2D eigenvalue weighted by Crippen LogP contribution is -2.59. The van der Waals surface area contributed by atoms with Crippen molar-refractivity contribution in [3.8, 4) is 0 Å².